The Morgan fingerprint density at radius 1 is 1.16 bits per heavy atom. The highest BCUT2D eigenvalue weighted by atomic mass is 79.9. The highest BCUT2D eigenvalue weighted by Gasteiger charge is 2.29. The number of amides is 2. The van der Waals surface area contributed by atoms with Gasteiger partial charge in [-0.3, -0.25) is 9.59 Å². The molecule has 5 nitrogen and oxygen atoms in total. The molecule has 0 saturated carbocycles. The van der Waals surface area contributed by atoms with Crippen molar-refractivity contribution in [2.24, 2.45) is 0 Å². The Labute approximate surface area is 196 Å². The molecule has 0 aliphatic rings. The third-order valence-electron chi connectivity index (χ3n) is 4.90. The third-order valence-corrected chi connectivity index (χ3v) is 5.75. The number of carbonyl (C=O) groups is 2. The van der Waals surface area contributed by atoms with Gasteiger partial charge in [-0.2, -0.15) is 0 Å². The number of nitrogens with one attached hydrogen (secondary N) is 1. The first-order chi connectivity index (χ1) is 14.7. The van der Waals surface area contributed by atoms with Crippen molar-refractivity contribution >= 4 is 39.3 Å². The fourth-order valence-electron chi connectivity index (χ4n) is 2.96. The summed E-state index contributed by atoms with van der Waals surface area (Å²) in [5.41, 5.74) is 0.720. The van der Waals surface area contributed by atoms with Crippen molar-refractivity contribution in [3.05, 3.63) is 63.3 Å². The minimum absolute atomic E-state index is 0.00871. The number of benzene rings is 2. The Bertz CT molecular complexity index is 895. The van der Waals surface area contributed by atoms with Crippen molar-refractivity contribution in [1.29, 1.82) is 0 Å². The average Bonchev–Trinajstić information content (AvgIpc) is 2.74. The molecule has 0 aliphatic heterocycles. The van der Waals surface area contributed by atoms with E-state index in [0.29, 0.717) is 21.7 Å². The smallest absolute Gasteiger partial charge is 0.261 e. The van der Waals surface area contributed by atoms with Crippen LogP contribution in [0.25, 0.3) is 0 Å². The number of ether oxygens (including phenoxy) is 1. The van der Waals surface area contributed by atoms with E-state index in [1.165, 1.54) is 17.0 Å². The molecule has 0 heterocycles. The number of hydrogen-bond acceptors (Lipinski definition) is 3. The summed E-state index contributed by atoms with van der Waals surface area (Å²) in [5, 5.41) is 3.48. The van der Waals surface area contributed by atoms with Gasteiger partial charge in [-0.1, -0.05) is 37.6 Å². The van der Waals surface area contributed by atoms with E-state index >= 15 is 0 Å². The van der Waals surface area contributed by atoms with Crippen LogP contribution in [0.5, 0.6) is 5.75 Å². The van der Waals surface area contributed by atoms with Crippen LogP contribution in [0.4, 0.5) is 4.39 Å². The van der Waals surface area contributed by atoms with Gasteiger partial charge in [-0.15, -0.1) is 0 Å². The van der Waals surface area contributed by atoms with E-state index < -0.39 is 6.04 Å². The monoisotopic (exact) mass is 512 g/mol. The summed E-state index contributed by atoms with van der Waals surface area (Å²) in [6.07, 6.45) is 1.21. The normalized spacial score (nSPS) is 12.7. The first kappa shape index (κ1) is 25.1. The van der Waals surface area contributed by atoms with Crippen LogP contribution < -0.4 is 10.1 Å². The third kappa shape index (κ3) is 7.51. The summed E-state index contributed by atoms with van der Waals surface area (Å²) < 4.78 is 19.6. The van der Waals surface area contributed by atoms with Crippen LogP contribution in [0, 0.1) is 5.82 Å². The highest BCUT2D eigenvalue weighted by molar-refractivity contribution is 9.10. The number of rotatable bonds is 10. The lowest BCUT2D eigenvalue weighted by atomic mass is 10.1. The fraction of sp³-hybridized carbons (Fsp3) is 0.391. The second kappa shape index (κ2) is 12.1. The lowest BCUT2D eigenvalue weighted by Crippen LogP contribution is -2.51. The quantitative estimate of drug-likeness (QED) is 0.466. The second-order valence-electron chi connectivity index (χ2n) is 7.25. The molecular weight excluding hydrogens is 487 g/mol. The van der Waals surface area contributed by atoms with Crippen molar-refractivity contribution in [2.75, 3.05) is 6.61 Å². The standard InChI is InChI=1S/C23H27BrClFN2O3/c1-4-15(3)27-23(30)20(5-2)28(13-16-6-9-18(26)10-7-16)22(29)14-31-21-11-8-17(25)12-19(21)24/h6-12,15,20H,4-5,13-14H2,1-3H3,(H,27,30)/t15-,20+/m0/s1. The molecule has 0 unspecified atom stereocenters. The molecule has 0 aromatic heterocycles. The van der Waals surface area contributed by atoms with Gasteiger partial charge >= 0.3 is 0 Å². The summed E-state index contributed by atoms with van der Waals surface area (Å²) in [6, 6.07) is 10.2. The van der Waals surface area contributed by atoms with Crippen molar-refractivity contribution < 1.29 is 18.7 Å². The maximum Gasteiger partial charge on any atom is 0.261 e. The summed E-state index contributed by atoms with van der Waals surface area (Å²) in [7, 11) is 0. The summed E-state index contributed by atoms with van der Waals surface area (Å²) in [4.78, 5) is 27.5. The molecule has 168 valence electrons. The van der Waals surface area contributed by atoms with Gasteiger partial charge in [-0.25, -0.2) is 4.39 Å². The van der Waals surface area contributed by atoms with Crippen LogP contribution in [-0.2, 0) is 16.1 Å². The van der Waals surface area contributed by atoms with Gasteiger partial charge in [0.05, 0.1) is 4.47 Å². The molecule has 8 heteroatoms. The minimum atomic E-state index is -0.677. The van der Waals surface area contributed by atoms with Crippen molar-refractivity contribution in [2.45, 2.75) is 52.2 Å². The largest absolute Gasteiger partial charge is 0.483 e. The Morgan fingerprint density at radius 3 is 2.42 bits per heavy atom. The van der Waals surface area contributed by atoms with Crippen LogP contribution in [0.1, 0.15) is 39.2 Å². The number of halogens is 3. The molecule has 0 aliphatic carbocycles. The summed E-state index contributed by atoms with van der Waals surface area (Å²) >= 11 is 9.31. The molecule has 31 heavy (non-hydrogen) atoms. The van der Waals surface area contributed by atoms with E-state index in [4.69, 9.17) is 16.3 Å². The predicted molar refractivity (Wildman–Crippen MR) is 124 cm³/mol. The molecule has 2 aromatic rings. The Balaban J connectivity index is 2.22. The van der Waals surface area contributed by atoms with E-state index in [0.717, 1.165) is 12.0 Å². The number of nitrogens with zero attached hydrogens (tertiary/aromatic N) is 1. The first-order valence-electron chi connectivity index (χ1n) is 10.2. The molecule has 2 amide bonds. The van der Waals surface area contributed by atoms with Crippen LogP contribution >= 0.6 is 27.5 Å². The zero-order chi connectivity index (χ0) is 23.0. The van der Waals surface area contributed by atoms with Crippen molar-refractivity contribution in [1.82, 2.24) is 10.2 Å². The molecule has 2 rings (SSSR count). The van der Waals surface area contributed by atoms with Gasteiger partial charge in [0.1, 0.15) is 17.6 Å². The van der Waals surface area contributed by atoms with Crippen LogP contribution in [0.3, 0.4) is 0 Å². The predicted octanol–water partition coefficient (Wildman–Crippen LogP) is 5.34. The van der Waals surface area contributed by atoms with E-state index in [2.05, 4.69) is 21.2 Å². The van der Waals surface area contributed by atoms with Gasteiger partial charge in [0.25, 0.3) is 5.91 Å². The Hall–Kier alpha value is -2.12. The van der Waals surface area contributed by atoms with Crippen LogP contribution in [-0.4, -0.2) is 35.4 Å². The van der Waals surface area contributed by atoms with Gasteiger partial charge in [-0.05, 0) is 71.6 Å². The second-order valence-corrected chi connectivity index (χ2v) is 8.54. The van der Waals surface area contributed by atoms with Gasteiger partial charge in [0.2, 0.25) is 5.91 Å². The van der Waals surface area contributed by atoms with Gasteiger partial charge in [0.15, 0.2) is 6.61 Å². The van der Waals surface area contributed by atoms with Crippen molar-refractivity contribution in [3.63, 3.8) is 0 Å². The molecule has 1 N–H and O–H groups in total. The maximum absolute atomic E-state index is 13.3. The fourth-order valence-corrected chi connectivity index (χ4v) is 3.76. The minimum Gasteiger partial charge on any atom is -0.483 e. The zero-order valence-corrected chi connectivity index (χ0v) is 20.2. The lowest BCUT2D eigenvalue weighted by molar-refractivity contribution is -0.143. The summed E-state index contributed by atoms with van der Waals surface area (Å²) in [5.74, 6) is -0.465. The first-order valence-corrected chi connectivity index (χ1v) is 11.3. The topological polar surface area (TPSA) is 58.6 Å². The molecular formula is C23H27BrClFN2O3. The number of carbonyl (C=O) groups excluding carboxylic acids is 2. The zero-order valence-electron chi connectivity index (χ0n) is 17.8. The van der Waals surface area contributed by atoms with Crippen LogP contribution in [0.15, 0.2) is 46.9 Å². The molecule has 2 atom stereocenters. The Kier molecular flexibility index (Phi) is 9.78. The average molecular weight is 514 g/mol. The molecule has 2 aromatic carbocycles. The van der Waals surface area contributed by atoms with Crippen LogP contribution in [0.2, 0.25) is 5.02 Å². The molecule has 0 fully saturated rings. The molecule has 0 bridgehead atoms. The molecule has 0 saturated heterocycles. The van der Waals surface area contributed by atoms with E-state index in [-0.39, 0.29) is 36.8 Å². The van der Waals surface area contributed by atoms with E-state index in [9.17, 15) is 14.0 Å². The van der Waals surface area contributed by atoms with Gasteiger partial charge < -0.3 is 15.0 Å². The van der Waals surface area contributed by atoms with E-state index in [1.54, 1.807) is 30.3 Å². The Morgan fingerprint density at radius 2 is 1.84 bits per heavy atom. The summed E-state index contributed by atoms with van der Waals surface area (Å²) in [6.45, 7) is 5.65. The molecule has 0 spiro atoms. The SMILES string of the molecule is CC[C@H](C(=O)N[C@@H](C)CC)N(Cc1ccc(F)cc1)C(=O)COc1ccc(Cl)cc1Br. The van der Waals surface area contributed by atoms with Gasteiger partial charge in [0, 0.05) is 17.6 Å². The maximum atomic E-state index is 13.3. The van der Waals surface area contributed by atoms with E-state index in [1.807, 2.05) is 20.8 Å². The lowest BCUT2D eigenvalue weighted by Gasteiger charge is -2.31. The number of hydrogen-bond donors (Lipinski definition) is 1. The van der Waals surface area contributed by atoms with Crippen molar-refractivity contribution in [3.8, 4) is 5.75 Å². The highest BCUT2D eigenvalue weighted by Crippen LogP contribution is 2.28. The molecule has 0 radical (unpaired) electrons.